The van der Waals surface area contributed by atoms with Crippen molar-refractivity contribution in [1.29, 1.82) is 0 Å². The summed E-state index contributed by atoms with van der Waals surface area (Å²) >= 11 is 4.58. The van der Waals surface area contributed by atoms with Gasteiger partial charge in [-0.1, -0.05) is 17.7 Å². The molecule has 1 amide bonds. The van der Waals surface area contributed by atoms with Gasteiger partial charge in [-0.05, 0) is 52.0 Å². The van der Waals surface area contributed by atoms with Crippen LogP contribution in [0.15, 0.2) is 36.5 Å². The molecule has 3 atom stereocenters. The van der Waals surface area contributed by atoms with Crippen molar-refractivity contribution in [3.63, 3.8) is 0 Å². The summed E-state index contributed by atoms with van der Waals surface area (Å²) in [5.74, 6) is -0.806. The molecule has 10 nitrogen and oxygen atoms in total. The van der Waals surface area contributed by atoms with Crippen LogP contribution >= 0.6 is 11.6 Å². The average Bonchev–Trinajstić information content (AvgIpc) is 3.25. The number of aliphatic hydroxyl groups excluding tert-OH is 1. The highest BCUT2D eigenvalue weighted by Crippen LogP contribution is 2.46. The van der Waals surface area contributed by atoms with Crippen LogP contribution in [0.1, 0.15) is 49.3 Å². The zero-order chi connectivity index (χ0) is 31.1. The summed E-state index contributed by atoms with van der Waals surface area (Å²) in [5.41, 5.74) is -5.33. The lowest BCUT2D eigenvalue weighted by atomic mass is 9.91. The summed E-state index contributed by atoms with van der Waals surface area (Å²) in [6.45, 7) is 4.92. The topological polar surface area (TPSA) is 149 Å². The van der Waals surface area contributed by atoms with Crippen molar-refractivity contribution in [3.8, 4) is 11.5 Å². The van der Waals surface area contributed by atoms with Crippen LogP contribution in [0, 0.1) is 0 Å². The fourth-order valence-corrected chi connectivity index (χ4v) is 5.33. The molecule has 1 aliphatic rings. The maximum Gasteiger partial charge on any atom is 0.424 e. The molecule has 4 N–H and O–H groups in total. The molecule has 2 aromatic heterocycles. The maximum atomic E-state index is 14.5. The number of hydrogen-bond acceptors (Lipinski definition) is 9. The first-order chi connectivity index (χ1) is 19.5. The lowest BCUT2D eigenvalue weighted by Gasteiger charge is -2.33. The van der Waals surface area contributed by atoms with Crippen molar-refractivity contribution in [2.75, 3.05) is 26.4 Å². The number of halogens is 4. The van der Waals surface area contributed by atoms with Crippen molar-refractivity contribution in [2.24, 2.45) is 0 Å². The quantitative estimate of drug-likeness (QED) is 0.206. The van der Waals surface area contributed by atoms with Crippen LogP contribution in [-0.2, 0) is 22.5 Å². The van der Waals surface area contributed by atoms with Crippen LogP contribution in [0.2, 0.25) is 5.15 Å². The highest BCUT2D eigenvalue weighted by atomic mass is 35.5. The minimum Gasteiger partial charge on any atom is -0.598 e. The second-order valence-electron chi connectivity index (χ2n) is 10.9. The first kappa shape index (κ1) is 32.0. The van der Waals surface area contributed by atoms with Crippen molar-refractivity contribution in [1.82, 2.24) is 20.0 Å². The van der Waals surface area contributed by atoms with E-state index in [0.717, 1.165) is 6.07 Å². The zero-order valence-electron chi connectivity index (χ0n) is 23.1. The molecule has 1 aliphatic heterocycles. The molecule has 228 valence electrons. The highest BCUT2D eigenvalue weighted by molar-refractivity contribution is 7.90. The van der Waals surface area contributed by atoms with E-state index in [1.54, 1.807) is 39.8 Å². The second kappa shape index (κ2) is 11.7. The Balaban J connectivity index is 1.67. The van der Waals surface area contributed by atoms with Gasteiger partial charge in [-0.25, -0.2) is 4.98 Å². The molecule has 0 bridgehead atoms. The van der Waals surface area contributed by atoms with Gasteiger partial charge in [0, 0.05) is 34.1 Å². The standard InChI is InChI=1S/C27H30ClF3N4O6S/c1-24(2,3)42(39)35-25(4)14-41-21-17(25)12-19(34-22(21)28)26(38,27(29,30)31)13-33-23(37)16-10-15-6-5-7-32-20(15)18(11-16)40-9-8-36/h5-7,10-12,35-36,38H,8-9,13-14H2,1-4H3,(H,33,37)/t25-,26-,42?/m1/s1. The van der Waals surface area contributed by atoms with Crippen molar-refractivity contribution in [2.45, 2.75) is 49.8 Å². The molecule has 0 aliphatic carbocycles. The monoisotopic (exact) mass is 630 g/mol. The van der Waals surface area contributed by atoms with Crippen LogP contribution in [0.5, 0.6) is 11.5 Å². The Hall–Kier alpha value is -2.88. The van der Waals surface area contributed by atoms with E-state index in [0.29, 0.717) is 10.9 Å². The van der Waals surface area contributed by atoms with E-state index < -0.39 is 56.7 Å². The summed E-state index contributed by atoms with van der Waals surface area (Å²) in [4.78, 5) is 21.0. The van der Waals surface area contributed by atoms with E-state index in [2.05, 4.69) is 20.0 Å². The Labute approximate surface area is 247 Å². The van der Waals surface area contributed by atoms with Crippen molar-refractivity contribution >= 4 is 39.8 Å². The molecular formula is C27H30ClF3N4O6S. The SMILES string of the molecule is CC(C)(C)[S+]([O-])N[C@]1(C)COc2c1cc([C@](O)(CNC(=O)c1cc(OCCO)c3ncccc3c1)C(F)(F)F)nc2Cl. The Morgan fingerprint density at radius 1 is 1.29 bits per heavy atom. The zero-order valence-corrected chi connectivity index (χ0v) is 24.7. The molecule has 42 heavy (non-hydrogen) atoms. The number of pyridine rings is 2. The van der Waals surface area contributed by atoms with Gasteiger partial charge in [0.05, 0.1) is 18.8 Å². The number of benzene rings is 1. The van der Waals surface area contributed by atoms with E-state index in [-0.39, 0.29) is 42.4 Å². The molecule has 0 spiro atoms. The van der Waals surface area contributed by atoms with E-state index in [9.17, 15) is 27.6 Å². The smallest absolute Gasteiger partial charge is 0.424 e. The molecule has 1 aromatic carbocycles. The number of hydrogen-bond donors (Lipinski definition) is 4. The second-order valence-corrected chi connectivity index (χ2v) is 13.3. The number of carbonyl (C=O) groups excluding carboxylic acids is 1. The van der Waals surface area contributed by atoms with E-state index in [1.807, 2.05) is 0 Å². The van der Waals surface area contributed by atoms with Crippen molar-refractivity contribution in [3.05, 3.63) is 58.5 Å². The number of fused-ring (bicyclic) bond motifs is 2. The predicted octanol–water partition coefficient (Wildman–Crippen LogP) is 3.49. The minimum absolute atomic E-state index is 0.00457. The molecule has 3 heterocycles. The van der Waals surface area contributed by atoms with Crippen LogP contribution < -0.4 is 19.5 Å². The molecule has 1 unspecified atom stereocenters. The third kappa shape index (κ3) is 6.24. The number of nitrogens with zero attached hydrogens (tertiary/aromatic N) is 2. The van der Waals surface area contributed by atoms with Gasteiger partial charge in [-0.2, -0.15) is 13.2 Å². The Morgan fingerprint density at radius 2 is 2.00 bits per heavy atom. The molecule has 4 rings (SSSR count). The first-order valence-electron chi connectivity index (χ1n) is 12.7. The number of amides is 1. The Bertz CT molecular complexity index is 1490. The van der Waals surface area contributed by atoms with Crippen molar-refractivity contribution < 1.29 is 42.2 Å². The Kier molecular flexibility index (Phi) is 8.89. The summed E-state index contributed by atoms with van der Waals surface area (Å²) in [6.07, 6.45) is -3.80. The molecule has 0 saturated heterocycles. The highest BCUT2D eigenvalue weighted by Gasteiger charge is 2.57. The van der Waals surface area contributed by atoms with Crippen LogP contribution in [0.25, 0.3) is 10.9 Å². The number of aromatic nitrogens is 2. The molecule has 15 heteroatoms. The molecule has 0 saturated carbocycles. The van der Waals surface area contributed by atoms with Gasteiger partial charge in [0.15, 0.2) is 10.9 Å². The third-order valence-electron chi connectivity index (χ3n) is 6.58. The summed E-state index contributed by atoms with van der Waals surface area (Å²) in [5, 5.41) is 22.3. The number of ether oxygens (including phenoxy) is 2. The first-order valence-corrected chi connectivity index (χ1v) is 14.3. The van der Waals surface area contributed by atoms with Crippen LogP contribution in [-0.4, -0.2) is 67.9 Å². The third-order valence-corrected chi connectivity index (χ3v) is 8.59. The van der Waals surface area contributed by atoms with Gasteiger partial charge in [-0.15, -0.1) is 4.72 Å². The summed E-state index contributed by atoms with van der Waals surface area (Å²) in [7, 11) is 0. The van der Waals surface area contributed by atoms with Gasteiger partial charge >= 0.3 is 6.18 Å². The Morgan fingerprint density at radius 3 is 2.64 bits per heavy atom. The van der Waals surface area contributed by atoms with E-state index in [1.165, 1.54) is 18.3 Å². The normalized spacial score (nSPS) is 19.1. The van der Waals surface area contributed by atoms with Crippen LogP contribution in [0.4, 0.5) is 13.2 Å². The molecule has 3 aromatic rings. The number of aliphatic hydroxyl groups is 2. The van der Waals surface area contributed by atoms with Crippen LogP contribution in [0.3, 0.4) is 0 Å². The number of alkyl halides is 3. The van der Waals surface area contributed by atoms with Gasteiger partial charge in [0.25, 0.3) is 5.91 Å². The average molecular weight is 631 g/mol. The van der Waals surface area contributed by atoms with E-state index in [4.69, 9.17) is 26.2 Å². The fraction of sp³-hybridized carbons (Fsp3) is 0.444. The van der Waals surface area contributed by atoms with Gasteiger partial charge in [0.1, 0.15) is 34.8 Å². The largest absolute Gasteiger partial charge is 0.598 e. The van der Waals surface area contributed by atoms with E-state index >= 15 is 0 Å². The molecule has 0 radical (unpaired) electrons. The lowest BCUT2D eigenvalue weighted by molar-refractivity contribution is -0.265. The number of carbonyl (C=O) groups is 1. The lowest BCUT2D eigenvalue weighted by Crippen LogP contribution is -2.52. The maximum absolute atomic E-state index is 14.5. The molecular weight excluding hydrogens is 601 g/mol. The number of nitrogens with one attached hydrogen (secondary N) is 2. The van der Waals surface area contributed by atoms with Gasteiger partial charge in [0.2, 0.25) is 5.60 Å². The number of rotatable bonds is 9. The minimum atomic E-state index is -5.30. The molecule has 0 fully saturated rings. The van der Waals surface area contributed by atoms with Gasteiger partial charge < -0.3 is 29.6 Å². The summed E-state index contributed by atoms with van der Waals surface area (Å²) in [6, 6.07) is 6.91. The fourth-order valence-electron chi connectivity index (χ4n) is 4.20. The summed E-state index contributed by atoms with van der Waals surface area (Å²) < 4.78 is 69.5. The van der Waals surface area contributed by atoms with Gasteiger partial charge in [-0.3, -0.25) is 9.78 Å². The predicted molar refractivity (Wildman–Crippen MR) is 150 cm³/mol.